The molecule has 5 nitrogen and oxygen atoms in total. The highest BCUT2D eigenvalue weighted by molar-refractivity contribution is 5.94. The number of amides is 1. The number of hydrogen-bond donors (Lipinski definition) is 2. The van der Waals surface area contributed by atoms with Crippen LogP contribution in [0.2, 0.25) is 0 Å². The molecule has 0 bridgehead atoms. The molecule has 0 fully saturated rings. The largest absolute Gasteiger partial charge is 0.289 e. The normalized spacial score (nSPS) is 11.7. The van der Waals surface area contributed by atoms with Crippen LogP contribution >= 0.6 is 0 Å². The summed E-state index contributed by atoms with van der Waals surface area (Å²) in [6, 6.07) is 17.8. The Hall–Kier alpha value is -3.47. The number of aromatic nitrogens is 2. The van der Waals surface area contributed by atoms with Crippen molar-refractivity contribution < 1.29 is 4.79 Å². The van der Waals surface area contributed by atoms with Crippen LogP contribution < -0.4 is 5.43 Å². The van der Waals surface area contributed by atoms with Gasteiger partial charge in [0.05, 0.1) is 11.9 Å². The van der Waals surface area contributed by atoms with E-state index in [1.54, 1.807) is 12.3 Å². The Bertz CT molecular complexity index is 1000. The highest BCUT2D eigenvalue weighted by Crippen LogP contribution is 2.20. The number of rotatable bonds is 5. The molecular formula is C22H22N4O. The standard InChI is InChI=1S/C22H22N4O/c1-15(11-18-7-5-4-6-8-18)14-23-26-22(27)21-13-20(24-25-21)19-10-9-16(2)17(3)12-19/h4-14H,1-3H3,(H,24,25)(H,26,27)/b15-11+,23-14-. The average molecular weight is 358 g/mol. The third kappa shape index (κ3) is 4.79. The van der Waals surface area contributed by atoms with Crippen molar-refractivity contribution in [1.29, 1.82) is 0 Å². The van der Waals surface area contributed by atoms with Crippen molar-refractivity contribution in [3.05, 3.63) is 82.6 Å². The number of hydrogen-bond acceptors (Lipinski definition) is 3. The van der Waals surface area contributed by atoms with Gasteiger partial charge in [0.1, 0.15) is 5.69 Å². The monoisotopic (exact) mass is 358 g/mol. The molecule has 1 heterocycles. The Morgan fingerprint density at radius 1 is 1.07 bits per heavy atom. The number of hydrazone groups is 1. The van der Waals surface area contributed by atoms with Gasteiger partial charge in [-0.15, -0.1) is 0 Å². The van der Waals surface area contributed by atoms with E-state index in [0.717, 1.165) is 22.4 Å². The third-order valence-corrected chi connectivity index (χ3v) is 4.25. The van der Waals surface area contributed by atoms with Crippen molar-refractivity contribution in [3.8, 4) is 11.3 Å². The highest BCUT2D eigenvalue weighted by atomic mass is 16.2. The quantitative estimate of drug-likeness (QED) is 0.520. The summed E-state index contributed by atoms with van der Waals surface area (Å²) in [6.45, 7) is 6.05. The number of allylic oxidation sites excluding steroid dienone is 1. The molecule has 0 aliphatic rings. The fourth-order valence-electron chi connectivity index (χ4n) is 2.59. The Labute approximate surface area is 158 Å². The van der Waals surface area contributed by atoms with Crippen molar-refractivity contribution in [2.75, 3.05) is 0 Å². The summed E-state index contributed by atoms with van der Waals surface area (Å²) in [5.74, 6) is -0.332. The lowest BCUT2D eigenvalue weighted by Crippen LogP contribution is -2.17. The lowest BCUT2D eigenvalue weighted by atomic mass is 10.0. The van der Waals surface area contributed by atoms with Crippen LogP contribution in [0.15, 0.2) is 65.3 Å². The van der Waals surface area contributed by atoms with E-state index in [2.05, 4.69) is 40.6 Å². The van der Waals surface area contributed by atoms with Crippen molar-refractivity contribution >= 4 is 18.2 Å². The molecule has 0 saturated heterocycles. The van der Waals surface area contributed by atoms with E-state index < -0.39 is 0 Å². The fraction of sp³-hybridized carbons (Fsp3) is 0.136. The zero-order chi connectivity index (χ0) is 19.2. The molecule has 0 atom stereocenters. The molecule has 1 amide bonds. The molecule has 2 aromatic carbocycles. The zero-order valence-electron chi connectivity index (χ0n) is 15.7. The number of aromatic amines is 1. The molecule has 27 heavy (non-hydrogen) atoms. The molecular weight excluding hydrogens is 336 g/mol. The van der Waals surface area contributed by atoms with Crippen LogP contribution in [0.1, 0.15) is 34.1 Å². The Kier molecular flexibility index (Phi) is 5.61. The number of nitrogens with one attached hydrogen (secondary N) is 2. The first-order valence-corrected chi connectivity index (χ1v) is 8.73. The molecule has 3 rings (SSSR count). The lowest BCUT2D eigenvalue weighted by Gasteiger charge is -2.01. The molecule has 0 aliphatic heterocycles. The maximum Gasteiger partial charge on any atom is 0.289 e. The minimum absolute atomic E-state index is 0.332. The van der Waals surface area contributed by atoms with Crippen molar-refractivity contribution in [1.82, 2.24) is 15.6 Å². The first kappa shape index (κ1) is 18.3. The van der Waals surface area contributed by atoms with Crippen LogP contribution in [-0.2, 0) is 0 Å². The number of carbonyl (C=O) groups excluding carboxylic acids is 1. The van der Waals surface area contributed by atoms with Crippen molar-refractivity contribution in [2.45, 2.75) is 20.8 Å². The second-order valence-electron chi connectivity index (χ2n) is 6.46. The van der Waals surface area contributed by atoms with Gasteiger partial charge in [0.25, 0.3) is 5.91 Å². The van der Waals surface area contributed by atoms with E-state index >= 15 is 0 Å². The van der Waals surface area contributed by atoms with Gasteiger partial charge in [-0.1, -0.05) is 48.5 Å². The molecule has 136 valence electrons. The average Bonchev–Trinajstić information content (AvgIpc) is 3.15. The first-order valence-electron chi connectivity index (χ1n) is 8.73. The summed E-state index contributed by atoms with van der Waals surface area (Å²) in [5, 5.41) is 11.0. The SMILES string of the molecule is CC(/C=N\NC(=O)c1cc(-c2ccc(C)c(C)c2)n[nH]1)=C\c1ccccc1. The van der Waals surface area contributed by atoms with Crippen LogP contribution in [0.5, 0.6) is 0 Å². The van der Waals surface area contributed by atoms with Gasteiger partial charge in [-0.05, 0) is 55.2 Å². The Balaban J connectivity index is 1.64. The summed E-state index contributed by atoms with van der Waals surface area (Å²) in [7, 11) is 0. The Morgan fingerprint density at radius 3 is 2.59 bits per heavy atom. The van der Waals surface area contributed by atoms with Crippen LogP contribution in [0.25, 0.3) is 17.3 Å². The van der Waals surface area contributed by atoms with E-state index in [9.17, 15) is 4.79 Å². The molecule has 0 unspecified atom stereocenters. The molecule has 2 N–H and O–H groups in total. The summed E-state index contributed by atoms with van der Waals surface area (Å²) in [4.78, 5) is 12.2. The minimum Gasteiger partial charge on any atom is -0.272 e. The molecule has 0 saturated carbocycles. The minimum atomic E-state index is -0.332. The van der Waals surface area contributed by atoms with E-state index in [-0.39, 0.29) is 5.91 Å². The number of nitrogens with zero attached hydrogens (tertiary/aromatic N) is 2. The van der Waals surface area contributed by atoms with Crippen molar-refractivity contribution in [2.24, 2.45) is 5.10 Å². The van der Waals surface area contributed by atoms with Crippen LogP contribution in [0.4, 0.5) is 0 Å². The molecule has 3 aromatic rings. The van der Waals surface area contributed by atoms with Gasteiger partial charge in [-0.3, -0.25) is 9.89 Å². The number of benzene rings is 2. The summed E-state index contributed by atoms with van der Waals surface area (Å²) >= 11 is 0. The fourth-order valence-corrected chi connectivity index (χ4v) is 2.59. The van der Waals surface area contributed by atoms with E-state index in [1.807, 2.05) is 55.5 Å². The van der Waals surface area contributed by atoms with Gasteiger partial charge in [-0.25, -0.2) is 5.43 Å². The molecule has 1 aromatic heterocycles. The number of aryl methyl sites for hydroxylation is 2. The zero-order valence-corrected chi connectivity index (χ0v) is 15.7. The second kappa shape index (κ2) is 8.27. The van der Waals surface area contributed by atoms with Gasteiger partial charge in [0.15, 0.2) is 0 Å². The summed E-state index contributed by atoms with van der Waals surface area (Å²) < 4.78 is 0. The summed E-state index contributed by atoms with van der Waals surface area (Å²) in [6.07, 6.45) is 3.61. The lowest BCUT2D eigenvalue weighted by molar-refractivity contribution is 0.0950. The third-order valence-electron chi connectivity index (χ3n) is 4.25. The Morgan fingerprint density at radius 2 is 1.85 bits per heavy atom. The van der Waals surface area contributed by atoms with Gasteiger partial charge in [0.2, 0.25) is 0 Å². The highest BCUT2D eigenvalue weighted by Gasteiger charge is 2.10. The summed E-state index contributed by atoms with van der Waals surface area (Å²) in [5.41, 5.74) is 9.01. The first-order chi connectivity index (χ1) is 13.0. The molecule has 0 radical (unpaired) electrons. The topological polar surface area (TPSA) is 70.1 Å². The second-order valence-corrected chi connectivity index (χ2v) is 6.46. The van der Waals surface area contributed by atoms with E-state index in [4.69, 9.17) is 0 Å². The van der Waals surface area contributed by atoms with Crippen molar-refractivity contribution in [3.63, 3.8) is 0 Å². The maximum atomic E-state index is 12.2. The predicted molar refractivity (Wildman–Crippen MR) is 110 cm³/mol. The number of carbonyl (C=O) groups is 1. The van der Waals surface area contributed by atoms with Gasteiger partial charge in [0, 0.05) is 5.56 Å². The number of H-pyrrole nitrogens is 1. The van der Waals surface area contributed by atoms with Crippen LogP contribution in [0, 0.1) is 13.8 Å². The van der Waals surface area contributed by atoms with E-state index in [0.29, 0.717) is 5.69 Å². The molecule has 0 aliphatic carbocycles. The maximum absolute atomic E-state index is 12.2. The van der Waals surface area contributed by atoms with Crippen LogP contribution in [-0.4, -0.2) is 22.3 Å². The van der Waals surface area contributed by atoms with Gasteiger partial charge in [-0.2, -0.15) is 10.2 Å². The smallest absolute Gasteiger partial charge is 0.272 e. The molecule has 0 spiro atoms. The van der Waals surface area contributed by atoms with Crippen LogP contribution in [0.3, 0.4) is 0 Å². The van der Waals surface area contributed by atoms with Gasteiger partial charge >= 0.3 is 0 Å². The van der Waals surface area contributed by atoms with Gasteiger partial charge < -0.3 is 0 Å². The van der Waals surface area contributed by atoms with E-state index in [1.165, 1.54) is 11.1 Å². The predicted octanol–water partition coefficient (Wildman–Crippen LogP) is 4.51. The molecule has 5 heteroatoms.